The summed E-state index contributed by atoms with van der Waals surface area (Å²) in [7, 11) is 0. The van der Waals surface area contributed by atoms with Crippen LogP contribution in [0.1, 0.15) is 62.9 Å². The number of amides is 1. The van der Waals surface area contributed by atoms with E-state index in [-0.39, 0.29) is 17.9 Å². The maximum Gasteiger partial charge on any atom is 0.340 e. The standard InChI is InChI=1S/C24H31NO4/c1-5-24(3,4)18-13-15-19(16-14-18)29-17-9-12-22(26)25-21-11-8-7-10-20(21)23(27)28-6-2/h7-8,10-11,13-16H,5-6,9,12,17H2,1-4H3,(H,25,26). The summed E-state index contributed by atoms with van der Waals surface area (Å²) in [5.41, 5.74) is 2.25. The molecular weight excluding hydrogens is 366 g/mol. The van der Waals surface area contributed by atoms with Crippen molar-refractivity contribution in [2.24, 2.45) is 0 Å². The topological polar surface area (TPSA) is 64.6 Å². The zero-order valence-corrected chi connectivity index (χ0v) is 17.8. The van der Waals surface area contributed by atoms with Crippen molar-refractivity contribution < 1.29 is 19.1 Å². The molecule has 29 heavy (non-hydrogen) atoms. The largest absolute Gasteiger partial charge is 0.494 e. The van der Waals surface area contributed by atoms with E-state index >= 15 is 0 Å². The van der Waals surface area contributed by atoms with Gasteiger partial charge in [0, 0.05) is 6.42 Å². The Labute approximate surface area is 173 Å². The van der Waals surface area contributed by atoms with Crippen molar-refractivity contribution in [2.75, 3.05) is 18.5 Å². The normalized spacial score (nSPS) is 11.0. The number of hydrogen-bond acceptors (Lipinski definition) is 4. The Hall–Kier alpha value is -2.82. The van der Waals surface area contributed by atoms with Gasteiger partial charge in [0.25, 0.3) is 0 Å². The minimum Gasteiger partial charge on any atom is -0.494 e. The van der Waals surface area contributed by atoms with Gasteiger partial charge in [-0.2, -0.15) is 0 Å². The van der Waals surface area contributed by atoms with Crippen LogP contribution in [0.25, 0.3) is 0 Å². The van der Waals surface area contributed by atoms with Gasteiger partial charge in [0.15, 0.2) is 0 Å². The molecule has 0 fully saturated rings. The van der Waals surface area contributed by atoms with Gasteiger partial charge in [0.2, 0.25) is 5.91 Å². The van der Waals surface area contributed by atoms with E-state index in [0.717, 1.165) is 12.2 Å². The molecule has 0 aliphatic heterocycles. The molecule has 0 heterocycles. The van der Waals surface area contributed by atoms with Crippen LogP contribution in [0.4, 0.5) is 5.69 Å². The lowest BCUT2D eigenvalue weighted by molar-refractivity contribution is -0.116. The Bertz CT molecular complexity index is 812. The minimum absolute atomic E-state index is 0.149. The number of carbonyl (C=O) groups excluding carboxylic acids is 2. The van der Waals surface area contributed by atoms with Crippen molar-refractivity contribution >= 4 is 17.6 Å². The van der Waals surface area contributed by atoms with Gasteiger partial charge in [-0.3, -0.25) is 4.79 Å². The molecule has 5 nitrogen and oxygen atoms in total. The first-order valence-electron chi connectivity index (χ1n) is 10.2. The first-order chi connectivity index (χ1) is 13.9. The molecule has 2 aromatic rings. The van der Waals surface area contributed by atoms with E-state index in [9.17, 15) is 9.59 Å². The second-order valence-corrected chi connectivity index (χ2v) is 7.53. The summed E-state index contributed by atoms with van der Waals surface area (Å²) in [6.45, 7) is 9.11. The lowest BCUT2D eigenvalue weighted by atomic mass is 9.82. The second kappa shape index (κ2) is 10.6. The van der Waals surface area contributed by atoms with Crippen molar-refractivity contribution in [3.63, 3.8) is 0 Å². The summed E-state index contributed by atoms with van der Waals surface area (Å²) in [4.78, 5) is 24.2. The fourth-order valence-electron chi connectivity index (χ4n) is 2.82. The third-order valence-corrected chi connectivity index (χ3v) is 5.03. The highest BCUT2D eigenvalue weighted by atomic mass is 16.5. The molecule has 0 spiro atoms. The fraction of sp³-hybridized carbons (Fsp3) is 0.417. The molecule has 0 radical (unpaired) electrons. The second-order valence-electron chi connectivity index (χ2n) is 7.53. The number of ether oxygens (including phenoxy) is 2. The molecule has 0 aromatic heterocycles. The number of hydrogen-bond donors (Lipinski definition) is 1. The van der Waals surface area contributed by atoms with E-state index in [2.05, 4.69) is 38.2 Å². The molecular formula is C24H31NO4. The van der Waals surface area contributed by atoms with E-state index in [1.54, 1.807) is 31.2 Å². The predicted octanol–water partition coefficient (Wildman–Crippen LogP) is 5.35. The van der Waals surface area contributed by atoms with Crippen molar-refractivity contribution in [2.45, 2.75) is 52.4 Å². The van der Waals surface area contributed by atoms with E-state index in [4.69, 9.17) is 9.47 Å². The molecule has 0 unspecified atom stereocenters. The lowest BCUT2D eigenvalue weighted by Gasteiger charge is -2.23. The van der Waals surface area contributed by atoms with Crippen LogP contribution in [0, 0.1) is 0 Å². The highest BCUT2D eigenvalue weighted by molar-refractivity contribution is 6.01. The summed E-state index contributed by atoms with van der Waals surface area (Å²) in [5, 5.41) is 2.78. The van der Waals surface area contributed by atoms with Gasteiger partial charge in [-0.1, -0.05) is 45.0 Å². The van der Waals surface area contributed by atoms with Gasteiger partial charge in [-0.25, -0.2) is 4.79 Å². The maximum absolute atomic E-state index is 12.2. The van der Waals surface area contributed by atoms with Crippen LogP contribution in [-0.4, -0.2) is 25.1 Å². The molecule has 0 aliphatic carbocycles. The molecule has 156 valence electrons. The summed E-state index contributed by atoms with van der Waals surface area (Å²) < 4.78 is 10.8. The summed E-state index contributed by atoms with van der Waals surface area (Å²) in [6.07, 6.45) is 1.95. The summed E-state index contributed by atoms with van der Waals surface area (Å²) in [6, 6.07) is 15.0. The van der Waals surface area contributed by atoms with Gasteiger partial charge in [-0.15, -0.1) is 0 Å². The van der Waals surface area contributed by atoms with E-state index < -0.39 is 5.97 Å². The SMILES string of the molecule is CCOC(=O)c1ccccc1NC(=O)CCCOc1ccc(C(C)(C)CC)cc1. The van der Waals surface area contributed by atoms with E-state index in [1.807, 2.05) is 12.1 Å². The Morgan fingerprint density at radius 1 is 1.00 bits per heavy atom. The first kappa shape index (κ1) is 22.5. The highest BCUT2D eigenvalue weighted by Crippen LogP contribution is 2.28. The van der Waals surface area contributed by atoms with Crippen LogP contribution in [-0.2, 0) is 14.9 Å². The average Bonchev–Trinajstić information content (AvgIpc) is 2.72. The van der Waals surface area contributed by atoms with Crippen molar-refractivity contribution in [1.29, 1.82) is 0 Å². The molecule has 1 amide bonds. The van der Waals surface area contributed by atoms with Crippen LogP contribution in [0.15, 0.2) is 48.5 Å². The molecule has 0 bridgehead atoms. The van der Waals surface area contributed by atoms with Gasteiger partial charge < -0.3 is 14.8 Å². The minimum atomic E-state index is -0.443. The molecule has 0 saturated heterocycles. The van der Waals surface area contributed by atoms with Gasteiger partial charge in [0.1, 0.15) is 5.75 Å². The van der Waals surface area contributed by atoms with Crippen LogP contribution in [0.5, 0.6) is 5.75 Å². The number of para-hydroxylation sites is 1. The first-order valence-corrected chi connectivity index (χ1v) is 10.2. The quantitative estimate of drug-likeness (QED) is 0.434. The average molecular weight is 398 g/mol. The summed E-state index contributed by atoms with van der Waals surface area (Å²) >= 11 is 0. The van der Waals surface area contributed by atoms with E-state index in [0.29, 0.717) is 30.7 Å². The van der Waals surface area contributed by atoms with Crippen LogP contribution < -0.4 is 10.1 Å². The Balaban J connectivity index is 1.80. The molecule has 1 N–H and O–H groups in total. The van der Waals surface area contributed by atoms with Gasteiger partial charge >= 0.3 is 5.97 Å². The van der Waals surface area contributed by atoms with Crippen LogP contribution in [0.2, 0.25) is 0 Å². The molecule has 0 atom stereocenters. The fourth-order valence-corrected chi connectivity index (χ4v) is 2.82. The van der Waals surface area contributed by atoms with Crippen LogP contribution in [0.3, 0.4) is 0 Å². The smallest absolute Gasteiger partial charge is 0.340 e. The molecule has 2 aromatic carbocycles. The lowest BCUT2D eigenvalue weighted by Crippen LogP contribution is -2.16. The predicted molar refractivity (Wildman–Crippen MR) is 116 cm³/mol. The zero-order chi connectivity index (χ0) is 21.3. The van der Waals surface area contributed by atoms with Crippen molar-refractivity contribution in [1.82, 2.24) is 0 Å². The third-order valence-electron chi connectivity index (χ3n) is 5.03. The molecule has 0 aliphatic rings. The molecule has 5 heteroatoms. The summed E-state index contributed by atoms with van der Waals surface area (Å²) in [5.74, 6) is 0.195. The third kappa shape index (κ3) is 6.63. The van der Waals surface area contributed by atoms with Gasteiger partial charge in [0.05, 0.1) is 24.5 Å². The molecule has 0 saturated carbocycles. The number of rotatable bonds is 10. The number of nitrogens with one attached hydrogen (secondary N) is 1. The van der Waals surface area contributed by atoms with Crippen LogP contribution >= 0.6 is 0 Å². The zero-order valence-electron chi connectivity index (χ0n) is 17.8. The monoisotopic (exact) mass is 397 g/mol. The number of anilines is 1. The Morgan fingerprint density at radius 2 is 1.69 bits per heavy atom. The number of carbonyl (C=O) groups is 2. The number of benzene rings is 2. The molecule has 2 rings (SSSR count). The Kier molecular flexibility index (Phi) is 8.25. The highest BCUT2D eigenvalue weighted by Gasteiger charge is 2.17. The van der Waals surface area contributed by atoms with E-state index in [1.165, 1.54) is 5.56 Å². The number of esters is 1. The Morgan fingerprint density at radius 3 is 2.34 bits per heavy atom. The maximum atomic E-state index is 12.2. The van der Waals surface area contributed by atoms with Gasteiger partial charge in [-0.05, 0) is 55.0 Å². The van der Waals surface area contributed by atoms with Crippen molar-refractivity contribution in [3.8, 4) is 5.75 Å². The van der Waals surface area contributed by atoms with Crippen molar-refractivity contribution in [3.05, 3.63) is 59.7 Å².